The second-order valence-electron chi connectivity index (χ2n) is 8.25. The summed E-state index contributed by atoms with van der Waals surface area (Å²) in [5, 5.41) is 14.3. The van der Waals surface area contributed by atoms with Crippen molar-refractivity contribution in [2.75, 3.05) is 50.8 Å². The molecule has 2 aromatic rings. The molecule has 0 radical (unpaired) electrons. The van der Waals surface area contributed by atoms with Crippen LogP contribution < -0.4 is 25.0 Å². The Morgan fingerprint density at radius 3 is 2.24 bits per heavy atom. The summed E-state index contributed by atoms with van der Waals surface area (Å²) in [6.07, 6.45) is 0.492. The lowest BCUT2D eigenvalue weighted by Crippen LogP contribution is -2.40. The van der Waals surface area contributed by atoms with Gasteiger partial charge in [-0.3, -0.25) is 5.41 Å². The van der Waals surface area contributed by atoms with E-state index in [-0.39, 0.29) is 23.6 Å². The largest absolute Gasteiger partial charge is 0.493 e. The minimum absolute atomic E-state index is 0.155. The topological polar surface area (TPSA) is 121 Å². The summed E-state index contributed by atoms with van der Waals surface area (Å²) >= 11 is 0. The van der Waals surface area contributed by atoms with E-state index < -0.39 is 9.84 Å². The summed E-state index contributed by atoms with van der Waals surface area (Å²) in [6, 6.07) is 10.7. The van der Waals surface area contributed by atoms with Crippen molar-refractivity contribution in [3.8, 4) is 11.5 Å². The zero-order chi connectivity index (χ0) is 24.9. The Bertz CT molecular complexity index is 1130. The Kier molecular flexibility index (Phi) is 8.03. The molecule has 2 aromatic carbocycles. The molecule has 1 aliphatic heterocycles. The third kappa shape index (κ3) is 5.99. The number of nitrogens with zero attached hydrogens (tertiary/aromatic N) is 1. The molecule has 9 nitrogen and oxygen atoms in total. The Labute approximate surface area is 200 Å². The lowest BCUT2D eigenvalue weighted by Gasteiger charge is -2.28. The first kappa shape index (κ1) is 25.4. The molecule has 0 aliphatic carbocycles. The molecule has 3 rings (SSSR count). The molecule has 1 atom stereocenters. The van der Waals surface area contributed by atoms with Gasteiger partial charge >= 0.3 is 6.03 Å². The molecule has 3 N–H and O–H groups in total. The van der Waals surface area contributed by atoms with Gasteiger partial charge in [0.2, 0.25) is 0 Å². The number of sulfone groups is 1. The highest BCUT2D eigenvalue weighted by Crippen LogP contribution is 2.32. The summed E-state index contributed by atoms with van der Waals surface area (Å²) < 4.78 is 34.3. The molecule has 34 heavy (non-hydrogen) atoms. The van der Waals surface area contributed by atoms with Gasteiger partial charge in [0.15, 0.2) is 21.3 Å². The maximum Gasteiger partial charge on any atom is 0.314 e. The molecular formula is C24H32N4O5S. The highest BCUT2D eigenvalue weighted by atomic mass is 32.2. The van der Waals surface area contributed by atoms with E-state index in [1.54, 1.807) is 27.3 Å². The van der Waals surface area contributed by atoms with Gasteiger partial charge in [-0.15, -0.1) is 0 Å². The summed E-state index contributed by atoms with van der Waals surface area (Å²) in [6.45, 7) is 2.83. The molecule has 1 heterocycles. The van der Waals surface area contributed by atoms with E-state index in [9.17, 15) is 13.2 Å². The molecule has 10 heteroatoms. The van der Waals surface area contributed by atoms with Gasteiger partial charge < -0.3 is 25.0 Å². The zero-order valence-corrected chi connectivity index (χ0v) is 20.8. The number of urea groups is 1. The van der Waals surface area contributed by atoms with Crippen molar-refractivity contribution < 1.29 is 22.7 Å². The standard InChI is InChI=1S/C24H32N4O5S/c1-16(27-24(29)26-2)13-18-14-21(32-3)22(33-4)15-20(18)23(25)17-5-7-19(8-6-17)28-9-11-34(30,31)12-10-28/h5-8,14-16,25H,9-13H2,1-4H3,(H2,26,27,29). The van der Waals surface area contributed by atoms with E-state index in [2.05, 4.69) is 10.6 Å². The summed E-state index contributed by atoms with van der Waals surface area (Å²) in [7, 11) is 1.72. The zero-order valence-electron chi connectivity index (χ0n) is 20.0. The molecule has 0 spiro atoms. The van der Waals surface area contributed by atoms with E-state index >= 15 is 0 Å². The first-order chi connectivity index (χ1) is 16.2. The predicted octanol–water partition coefficient (Wildman–Crippen LogP) is 2.21. The molecule has 1 fully saturated rings. The van der Waals surface area contributed by atoms with E-state index in [0.29, 0.717) is 47.8 Å². The summed E-state index contributed by atoms with van der Waals surface area (Å²) in [4.78, 5) is 13.8. The van der Waals surface area contributed by atoms with Gasteiger partial charge in [-0.1, -0.05) is 12.1 Å². The van der Waals surface area contributed by atoms with Crippen LogP contribution in [-0.2, 0) is 16.3 Å². The maximum absolute atomic E-state index is 11.7. The van der Waals surface area contributed by atoms with Crippen LogP contribution in [0, 0.1) is 5.41 Å². The number of hydrogen-bond acceptors (Lipinski definition) is 7. The number of carbonyl (C=O) groups is 1. The fraction of sp³-hybridized carbons (Fsp3) is 0.417. The minimum Gasteiger partial charge on any atom is -0.493 e. The number of amides is 2. The molecular weight excluding hydrogens is 456 g/mol. The first-order valence-corrected chi connectivity index (χ1v) is 12.9. The number of benzene rings is 2. The normalized spacial score (nSPS) is 15.8. The fourth-order valence-corrected chi connectivity index (χ4v) is 5.17. The molecule has 0 saturated carbocycles. The third-order valence-corrected chi connectivity index (χ3v) is 7.48. The predicted molar refractivity (Wildman–Crippen MR) is 134 cm³/mol. The van der Waals surface area contributed by atoms with Crippen LogP contribution in [0.1, 0.15) is 23.6 Å². The molecule has 1 aliphatic rings. The Balaban J connectivity index is 1.88. The van der Waals surface area contributed by atoms with Crippen molar-refractivity contribution in [2.24, 2.45) is 0 Å². The number of ether oxygens (including phenoxy) is 2. The van der Waals surface area contributed by atoms with Crippen molar-refractivity contribution >= 4 is 27.3 Å². The van der Waals surface area contributed by atoms with Gasteiger partial charge in [-0.25, -0.2) is 13.2 Å². The number of nitrogens with one attached hydrogen (secondary N) is 3. The lowest BCUT2D eigenvalue weighted by atomic mass is 9.93. The number of carbonyl (C=O) groups excluding carboxylic acids is 1. The Morgan fingerprint density at radius 2 is 1.68 bits per heavy atom. The molecule has 0 aromatic heterocycles. The summed E-state index contributed by atoms with van der Waals surface area (Å²) in [5.74, 6) is 1.38. The van der Waals surface area contributed by atoms with Gasteiger partial charge in [-0.05, 0) is 43.2 Å². The van der Waals surface area contributed by atoms with Gasteiger partial charge in [0.1, 0.15) is 0 Å². The SMILES string of the molecule is CNC(=O)NC(C)Cc1cc(OC)c(OC)cc1C(=N)c1ccc(N2CCS(=O)(=O)CC2)cc1. The van der Waals surface area contributed by atoms with Crippen LogP contribution >= 0.6 is 0 Å². The van der Waals surface area contributed by atoms with Crippen molar-refractivity contribution in [3.05, 3.63) is 53.1 Å². The van der Waals surface area contributed by atoms with Gasteiger partial charge in [0, 0.05) is 43.0 Å². The average Bonchev–Trinajstić information content (AvgIpc) is 2.83. The van der Waals surface area contributed by atoms with Crippen molar-refractivity contribution in [2.45, 2.75) is 19.4 Å². The van der Waals surface area contributed by atoms with Crippen molar-refractivity contribution in [3.63, 3.8) is 0 Å². The van der Waals surface area contributed by atoms with Gasteiger partial charge in [-0.2, -0.15) is 0 Å². The fourth-order valence-electron chi connectivity index (χ4n) is 3.96. The van der Waals surface area contributed by atoms with Crippen LogP contribution in [0.4, 0.5) is 10.5 Å². The van der Waals surface area contributed by atoms with Crippen LogP contribution in [0.3, 0.4) is 0 Å². The van der Waals surface area contributed by atoms with E-state index in [1.165, 1.54) is 0 Å². The molecule has 2 amide bonds. The van der Waals surface area contributed by atoms with Crippen LogP contribution in [-0.4, -0.2) is 72.1 Å². The number of anilines is 1. The van der Waals surface area contributed by atoms with Crippen LogP contribution in [0.2, 0.25) is 0 Å². The minimum atomic E-state index is -2.95. The Hall–Kier alpha value is -3.27. The number of rotatable bonds is 8. The van der Waals surface area contributed by atoms with Crippen LogP contribution in [0.5, 0.6) is 11.5 Å². The second-order valence-corrected chi connectivity index (χ2v) is 10.6. The Morgan fingerprint density at radius 1 is 1.09 bits per heavy atom. The molecule has 184 valence electrons. The molecule has 1 saturated heterocycles. The van der Waals surface area contributed by atoms with E-state index in [4.69, 9.17) is 14.9 Å². The van der Waals surface area contributed by atoms with Crippen LogP contribution in [0.25, 0.3) is 0 Å². The summed E-state index contributed by atoms with van der Waals surface area (Å²) in [5.41, 5.74) is 3.49. The van der Waals surface area contributed by atoms with Crippen molar-refractivity contribution in [1.82, 2.24) is 10.6 Å². The monoisotopic (exact) mass is 488 g/mol. The van der Waals surface area contributed by atoms with Gasteiger partial charge in [0.05, 0.1) is 31.4 Å². The first-order valence-electron chi connectivity index (χ1n) is 11.0. The highest BCUT2D eigenvalue weighted by Gasteiger charge is 2.22. The van der Waals surface area contributed by atoms with E-state index in [0.717, 1.165) is 11.3 Å². The number of hydrogen-bond donors (Lipinski definition) is 3. The van der Waals surface area contributed by atoms with Crippen LogP contribution in [0.15, 0.2) is 36.4 Å². The van der Waals surface area contributed by atoms with Crippen molar-refractivity contribution in [1.29, 1.82) is 5.41 Å². The molecule has 0 bridgehead atoms. The number of methoxy groups -OCH3 is 2. The van der Waals surface area contributed by atoms with Gasteiger partial charge in [0.25, 0.3) is 0 Å². The third-order valence-electron chi connectivity index (χ3n) is 5.87. The quantitative estimate of drug-likeness (QED) is 0.490. The van der Waals surface area contributed by atoms with E-state index in [1.807, 2.05) is 42.2 Å². The maximum atomic E-state index is 11.7. The second kappa shape index (κ2) is 10.8. The molecule has 1 unspecified atom stereocenters. The lowest BCUT2D eigenvalue weighted by molar-refractivity contribution is 0.240. The highest BCUT2D eigenvalue weighted by molar-refractivity contribution is 7.91. The average molecular weight is 489 g/mol. The smallest absolute Gasteiger partial charge is 0.314 e.